The molecule has 0 saturated carbocycles. The van der Waals surface area contributed by atoms with Crippen LogP contribution in [0.2, 0.25) is 0 Å². The minimum atomic E-state index is -0.937. The highest BCUT2D eigenvalue weighted by Crippen LogP contribution is 2.33. The number of aromatic carboxylic acids is 1. The number of benzene rings is 3. The lowest BCUT2D eigenvalue weighted by atomic mass is 9.97. The van der Waals surface area contributed by atoms with Gasteiger partial charge >= 0.3 is 5.97 Å². The van der Waals surface area contributed by atoms with E-state index in [1.165, 1.54) is 0 Å². The highest BCUT2D eigenvalue weighted by molar-refractivity contribution is 9.10. The Morgan fingerprint density at radius 3 is 2.11 bits per heavy atom. The third-order valence-electron chi connectivity index (χ3n) is 4.84. The number of carboxylic acids is 1. The molecule has 3 nitrogen and oxygen atoms in total. The normalized spacial score (nSPS) is 11.8. The van der Waals surface area contributed by atoms with Gasteiger partial charge in [0.25, 0.3) is 0 Å². The summed E-state index contributed by atoms with van der Waals surface area (Å²) >= 11 is 3.48. The smallest absolute Gasteiger partial charge is 0.336 e. The summed E-state index contributed by atoms with van der Waals surface area (Å²) in [4.78, 5) is 11.5. The van der Waals surface area contributed by atoms with E-state index in [1.807, 2.05) is 54.6 Å². The summed E-state index contributed by atoms with van der Waals surface area (Å²) in [5.74, 6) is 0.480. The molecular weight excluding hydrogens is 416 g/mol. The standard InChI is InChI=1S/C24H23BrO3/c1-3-16(2)15-28-20-13-11-18(12-14-20)17-7-9-19(10-8-17)23-21(24(26)27)5-4-6-22(23)25/h4-14,16H,3,15H2,1-2H3,(H,26,27). The maximum atomic E-state index is 11.5. The number of halogens is 1. The van der Waals surface area contributed by atoms with E-state index in [0.29, 0.717) is 11.5 Å². The molecule has 0 fully saturated rings. The van der Waals surface area contributed by atoms with Gasteiger partial charge in [-0.1, -0.05) is 78.7 Å². The molecule has 0 radical (unpaired) electrons. The third-order valence-corrected chi connectivity index (χ3v) is 5.50. The molecule has 144 valence electrons. The Kier molecular flexibility index (Phi) is 6.53. The number of carboxylic acid groups (broad SMARTS) is 1. The van der Waals surface area contributed by atoms with E-state index in [9.17, 15) is 9.90 Å². The van der Waals surface area contributed by atoms with Gasteiger partial charge in [0.15, 0.2) is 0 Å². The van der Waals surface area contributed by atoms with Crippen molar-refractivity contribution in [3.05, 3.63) is 76.8 Å². The lowest BCUT2D eigenvalue weighted by molar-refractivity contribution is 0.0697. The number of carbonyl (C=O) groups is 1. The van der Waals surface area contributed by atoms with Crippen LogP contribution >= 0.6 is 15.9 Å². The van der Waals surface area contributed by atoms with Gasteiger partial charge in [-0.15, -0.1) is 0 Å². The SMILES string of the molecule is CCC(C)COc1ccc(-c2ccc(-c3c(Br)cccc3C(=O)O)cc2)cc1. The molecule has 0 bridgehead atoms. The molecule has 4 heteroatoms. The van der Waals surface area contributed by atoms with Gasteiger partial charge in [0.1, 0.15) is 5.75 Å². The van der Waals surface area contributed by atoms with Crippen LogP contribution in [0, 0.1) is 5.92 Å². The van der Waals surface area contributed by atoms with Gasteiger partial charge in [0.2, 0.25) is 0 Å². The van der Waals surface area contributed by atoms with Crippen LogP contribution in [0.5, 0.6) is 5.75 Å². The number of ether oxygens (including phenoxy) is 1. The molecule has 3 aromatic rings. The van der Waals surface area contributed by atoms with Crippen molar-refractivity contribution in [1.82, 2.24) is 0 Å². The maximum Gasteiger partial charge on any atom is 0.336 e. The van der Waals surface area contributed by atoms with Crippen molar-refractivity contribution in [2.24, 2.45) is 5.92 Å². The number of rotatable bonds is 7. The van der Waals surface area contributed by atoms with Crippen molar-refractivity contribution < 1.29 is 14.6 Å². The zero-order valence-corrected chi connectivity index (χ0v) is 17.6. The van der Waals surface area contributed by atoms with Gasteiger partial charge in [0.05, 0.1) is 12.2 Å². The molecule has 0 saturated heterocycles. The predicted molar refractivity (Wildman–Crippen MR) is 117 cm³/mol. The Morgan fingerprint density at radius 1 is 0.964 bits per heavy atom. The fraction of sp³-hybridized carbons (Fsp3) is 0.208. The molecule has 0 amide bonds. The molecule has 0 aliphatic carbocycles. The summed E-state index contributed by atoms with van der Waals surface area (Å²) in [6, 6.07) is 21.2. The van der Waals surface area contributed by atoms with E-state index in [4.69, 9.17) is 4.74 Å². The Labute approximate surface area is 174 Å². The summed E-state index contributed by atoms with van der Waals surface area (Å²) in [6.07, 6.45) is 1.10. The zero-order valence-electron chi connectivity index (χ0n) is 16.0. The van der Waals surface area contributed by atoms with E-state index in [0.717, 1.165) is 39.9 Å². The van der Waals surface area contributed by atoms with Crippen molar-refractivity contribution in [2.75, 3.05) is 6.61 Å². The average Bonchev–Trinajstić information content (AvgIpc) is 2.72. The Balaban J connectivity index is 1.81. The van der Waals surface area contributed by atoms with E-state index < -0.39 is 5.97 Å². The molecule has 0 aliphatic heterocycles. The molecule has 0 heterocycles. The topological polar surface area (TPSA) is 46.5 Å². The quantitative estimate of drug-likeness (QED) is 0.435. The third kappa shape index (κ3) is 4.63. The van der Waals surface area contributed by atoms with Crippen LogP contribution in [0.25, 0.3) is 22.3 Å². The Bertz CT molecular complexity index is 947. The van der Waals surface area contributed by atoms with Gasteiger partial charge in [-0.25, -0.2) is 4.79 Å². The molecule has 28 heavy (non-hydrogen) atoms. The molecule has 0 spiro atoms. The first-order chi connectivity index (χ1) is 13.5. The Hall–Kier alpha value is -2.59. The monoisotopic (exact) mass is 438 g/mol. The van der Waals surface area contributed by atoms with Gasteiger partial charge in [-0.2, -0.15) is 0 Å². The first-order valence-corrected chi connectivity index (χ1v) is 10.1. The van der Waals surface area contributed by atoms with E-state index in [1.54, 1.807) is 12.1 Å². The highest BCUT2D eigenvalue weighted by Gasteiger charge is 2.14. The van der Waals surface area contributed by atoms with E-state index in [-0.39, 0.29) is 5.56 Å². The molecule has 0 aliphatic rings. The van der Waals surface area contributed by atoms with Crippen LogP contribution in [0.1, 0.15) is 30.6 Å². The van der Waals surface area contributed by atoms with Crippen LogP contribution < -0.4 is 4.74 Å². The second-order valence-electron chi connectivity index (χ2n) is 6.89. The van der Waals surface area contributed by atoms with E-state index in [2.05, 4.69) is 29.8 Å². The van der Waals surface area contributed by atoms with Crippen LogP contribution in [0.15, 0.2) is 71.2 Å². The molecule has 1 unspecified atom stereocenters. The van der Waals surface area contributed by atoms with Gasteiger partial charge in [-0.3, -0.25) is 0 Å². The van der Waals surface area contributed by atoms with Crippen molar-refractivity contribution in [3.8, 4) is 28.0 Å². The summed E-state index contributed by atoms with van der Waals surface area (Å²) in [6.45, 7) is 5.06. The lowest BCUT2D eigenvalue weighted by Crippen LogP contribution is -2.06. The molecule has 1 atom stereocenters. The fourth-order valence-corrected chi connectivity index (χ4v) is 3.52. The van der Waals surface area contributed by atoms with Crippen LogP contribution in [-0.2, 0) is 0 Å². The predicted octanol–water partition coefficient (Wildman–Crippen LogP) is 6.91. The minimum absolute atomic E-state index is 0.282. The summed E-state index contributed by atoms with van der Waals surface area (Å²) in [5.41, 5.74) is 4.00. The maximum absolute atomic E-state index is 11.5. The van der Waals surface area contributed by atoms with Crippen LogP contribution in [-0.4, -0.2) is 17.7 Å². The molecule has 0 aromatic heterocycles. The summed E-state index contributed by atoms with van der Waals surface area (Å²) in [5, 5.41) is 9.47. The first kappa shape index (κ1) is 20.2. The van der Waals surface area contributed by atoms with Crippen molar-refractivity contribution in [3.63, 3.8) is 0 Å². The zero-order chi connectivity index (χ0) is 20.1. The van der Waals surface area contributed by atoms with Crippen LogP contribution in [0.4, 0.5) is 0 Å². The highest BCUT2D eigenvalue weighted by atomic mass is 79.9. The number of hydrogen-bond donors (Lipinski definition) is 1. The van der Waals surface area contributed by atoms with Crippen LogP contribution in [0.3, 0.4) is 0 Å². The van der Waals surface area contributed by atoms with Gasteiger partial charge in [0, 0.05) is 10.0 Å². The molecule has 3 rings (SSSR count). The summed E-state index contributed by atoms with van der Waals surface area (Å²) < 4.78 is 6.58. The average molecular weight is 439 g/mol. The second-order valence-corrected chi connectivity index (χ2v) is 7.75. The largest absolute Gasteiger partial charge is 0.493 e. The van der Waals surface area contributed by atoms with Crippen molar-refractivity contribution >= 4 is 21.9 Å². The van der Waals surface area contributed by atoms with Gasteiger partial charge < -0.3 is 9.84 Å². The minimum Gasteiger partial charge on any atom is -0.493 e. The Morgan fingerprint density at radius 2 is 1.54 bits per heavy atom. The first-order valence-electron chi connectivity index (χ1n) is 9.35. The fourth-order valence-electron chi connectivity index (χ4n) is 2.93. The van der Waals surface area contributed by atoms with Crippen molar-refractivity contribution in [1.29, 1.82) is 0 Å². The van der Waals surface area contributed by atoms with Crippen molar-refractivity contribution in [2.45, 2.75) is 20.3 Å². The molecule has 1 N–H and O–H groups in total. The molecular formula is C24H23BrO3. The number of hydrogen-bond acceptors (Lipinski definition) is 2. The second kappa shape index (κ2) is 9.07. The molecule has 3 aromatic carbocycles. The lowest BCUT2D eigenvalue weighted by Gasteiger charge is -2.12. The van der Waals surface area contributed by atoms with E-state index >= 15 is 0 Å². The summed E-state index contributed by atoms with van der Waals surface area (Å²) in [7, 11) is 0. The van der Waals surface area contributed by atoms with Gasteiger partial charge in [-0.05, 0) is 46.9 Å².